The largest absolute Gasteiger partial charge is 0.390 e. The molecule has 1 fully saturated rings. The monoisotopic (exact) mass is 280 g/mol. The first-order valence-corrected chi connectivity index (χ1v) is 7.94. The lowest BCUT2D eigenvalue weighted by molar-refractivity contribution is -0.160. The van der Waals surface area contributed by atoms with E-state index in [1.807, 2.05) is 0 Å². The molecule has 98 valence electrons. The summed E-state index contributed by atoms with van der Waals surface area (Å²) in [7, 11) is -1.01. The summed E-state index contributed by atoms with van der Waals surface area (Å²) in [5, 5.41) is 2.42. The van der Waals surface area contributed by atoms with Crippen LogP contribution in [0.15, 0.2) is 0 Å². The summed E-state index contributed by atoms with van der Waals surface area (Å²) in [6, 6.07) is -0.894. The molecule has 0 radical (unpaired) electrons. The molecule has 0 saturated carbocycles. The summed E-state index contributed by atoms with van der Waals surface area (Å²) < 4.78 is 15.5. The van der Waals surface area contributed by atoms with E-state index in [9.17, 15) is 13.8 Å². The van der Waals surface area contributed by atoms with Crippen molar-refractivity contribution in [3.8, 4) is 0 Å². The van der Waals surface area contributed by atoms with E-state index < -0.39 is 34.2 Å². The summed E-state index contributed by atoms with van der Waals surface area (Å²) in [5.41, 5.74) is 5.52. The molecule has 17 heavy (non-hydrogen) atoms. The minimum absolute atomic E-state index is 0.250. The number of rotatable bonds is 5. The highest BCUT2D eigenvalue weighted by molar-refractivity contribution is 8.00. The fraction of sp³-hybridized carbons (Fsp3) is 0.778. The van der Waals surface area contributed by atoms with Crippen LogP contribution >= 0.6 is 11.8 Å². The second-order valence-corrected chi connectivity index (χ2v) is 6.39. The quantitative estimate of drug-likeness (QED) is 0.483. The third-order valence-electron chi connectivity index (χ3n) is 2.15. The molecule has 1 unspecified atom stereocenters. The zero-order valence-corrected chi connectivity index (χ0v) is 11.1. The minimum atomic E-state index is -1.01. The van der Waals surface area contributed by atoms with E-state index in [1.165, 1.54) is 18.0 Å². The fourth-order valence-corrected chi connectivity index (χ4v) is 2.69. The van der Waals surface area contributed by atoms with E-state index in [0.29, 0.717) is 5.75 Å². The third-order valence-corrected chi connectivity index (χ3v) is 4.09. The molecule has 6 nitrogen and oxygen atoms in total. The van der Waals surface area contributed by atoms with Crippen molar-refractivity contribution in [2.24, 2.45) is 5.73 Å². The van der Waals surface area contributed by atoms with Crippen LogP contribution in [0, 0.1) is 0 Å². The van der Waals surface area contributed by atoms with Crippen molar-refractivity contribution in [1.82, 2.24) is 5.32 Å². The molecule has 0 bridgehead atoms. The number of hydrogen-bond donors (Lipinski definition) is 2. The topological polar surface area (TPSA) is 98.5 Å². The Balaban J connectivity index is 2.31. The normalized spacial score (nSPS) is 23.1. The Bertz CT molecular complexity index is 318. The summed E-state index contributed by atoms with van der Waals surface area (Å²) in [6.07, 6.45) is 1.78. The predicted octanol–water partition coefficient (Wildman–Crippen LogP) is -1.19. The highest BCUT2D eigenvalue weighted by Crippen LogP contribution is 2.15. The van der Waals surface area contributed by atoms with E-state index in [4.69, 9.17) is 5.73 Å². The summed E-state index contributed by atoms with van der Waals surface area (Å²) in [6.45, 7) is 0.722. The van der Waals surface area contributed by atoms with Gasteiger partial charge < -0.3 is 10.5 Å². The lowest BCUT2D eigenvalue weighted by Gasteiger charge is -2.12. The molecule has 0 aromatic heterocycles. The van der Waals surface area contributed by atoms with Crippen molar-refractivity contribution in [3.05, 3.63) is 0 Å². The van der Waals surface area contributed by atoms with Crippen LogP contribution in [0.1, 0.15) is 6.42 Å². The summed E-state index contributed by atoms with van der Waals surface area (Å²) in [4.78, 5) is 22.9. The van der Waals surface area contributed by atoms with Crippen LogP contribution in [0.2, 0.25) is 0 Å². The molecule has 1 rings (SSSR count). The van der Waals surface area contributed by atoms with Gasteiger partial charge in [0.05, 0.1) is 0 Å². The van der Waals surface area contributed by atoms with Gasteiger partial charge in [0.15, 0.2) is 5.37 Å². The number of nitrogens with one attached hydrogen (secondary N) is 1. The van der Waals surface area contributed by atoms with E-state index in [-0.39, 0.29) is 6.42 Å². The van der Waals surface area contributed by atoms with Gasteiger partial charge in [0.25, 0.3) is 0 Å². The highest BCUT2D eigenvalue weighted by Gasteiger charge is 2.28. The Morgan fingerprint density at radius 1 is 1.65 bits per heavy atom. The van der Waals surface area contributed by atoms with Gasteiger partial charge in [-0.25, -0.2) is 9.59 Å². The third kappa shape index (κ3) is 5.15. The lowest BCUT2D eigenvalue weighted by Crippen LogP contribution is -2.39. The van der Waals surface area contributed by atoms with Crippen LogP contribution in [-0.2, 0) is 25.1 Å². The van der Waals surface area contributed by atoms with Crippen LogP contribution < -0.4 is 11.1 Å². The van der Waals surface area contributed by atoms with E-state index in [0.717, 1.165) is 12.3 Å². The van der Waals surface area contributed by atoms with Gasteiger partial charge in [0, 0.05) is 35.1 Å². The van der Waals surface area contributed by atoms with Gasteiger partial charge in [-0.05, 0) is 6.42 Å². The van der Waals surface area contributed by atoms with Gasteiger partial charge in [-0.2, -0.15) is 0 Å². The van der Waals surface area contributed by atoms with Crippen molar-refractivity contribution in [1.29, 1.82) is 0 Å². The molecular formula is C9H16N2O4S2. The number of thioether (sulfide) groups is 1. The van der Waals surface area contributed by atoms with Gasteiger partial charge in [-0.1, -0.05) is 0 Å². The van der Waals surface area contributed by atoms with Gasteiger partial charge >= 0.3 is 11.9 Å². The molecule has 3 atom stereocenters. The second-order valence-electron chi connectivity index (χ2n) is 3.62. The molecule has 0 aromatic carbocycles. The molecule has 1 aliphatic rings. The fourth-order valence-electron chi connectivity index (χ4n) is 1.22. The van der Waals surface area contributed by atoms with Crippen molar-refractivity contribution < 1.29 is 18.5 Å². The zero-order valence-electron chi connectivity index (χ0n) is 9.51. The molecule has 3 N–H and O–H groups in total. The first-order valence-electron chi connectivity index (χ1n) is 5.17. The molecule has 8 heteroatoms. The number of esters is 2. The zero-order chi connectivity index (χ0) is 12.8. The van der Waals surface area contributed by atoms with Crippen LogP contribution in [0.3, 0.4) is 0 Å². The minimum Gasteiger partial charge on any atom is -0.390 e. The van der Waals surface area contributed by atoms with Crippen molar-refractivity contribution in [2.75, 3.05) is 24.3 Å². The first kappa shape index (κ1) is 14.6. The first-order chi connectivity index (χ1) is 8.00. The Morgan fingerprint density at radius 2 is 2.35 bits per heavy atom. The van der Waals surface area contributed by atoms with Gasteiger partial charge in [0.2, 0.25) is 0 Å². The molecule has 0 aromatic rings. The maximum Gasteiger partial charge on any atom is 0.341 e. The molecule has 1 heterocycles. The van der Waals surface area contributed by atoms with Gasteiger partial charge in [0.1, 0.15) is 6.04 Å². The van der Waals surface area contributed by atoms with E-state index in [1.54, 1.807) is 0 Å². The Hall–Kier alpha value is -0.440. The van der Waals surface area contributed by atoms with Crippen LogP contribution in [0.5, 0.6) is 0 Å². The maximum absolute atomic E-state index is 11.5. The smallest absolute Gasteiger partial charge is 0.341 e. The predicted molar refractivity (Wildman–Crippen MR) is 66.9 cm³/mol. The number of nitrogens with two attached hydrogens (primary N) is 1. The van der Waals surface area contributed by atoms with E-state index >= 15 is 0 Å². The van der Waals surface area contributed by atoms with Gasteiger partial charge in [-0.15, -0.1) is 11.8 Å². The van der Waals surface area contributed by atoms with Crippen molar-refractivity contribution in [2.45, 2.75) is 17.8 Å². The molecule has 1 saturated heterocycles. The second kappa shape index (κ2) is 7.10. The Labute approximate surface area is 106 Å². The lowest BCUT2D eigenvalue weighted by atomic mass is 10.2. The van der Waals surface area contributed by atoms with E-state index in [2.05, 4.69) is 10.1 Å². The average molecular weight is 280 g/mol. The number of carbonyl (C=O) groups is 2. The summed E-state index contributed by atoms with van der Waals surface area (Å²) >= 11 is 1.40. The Morgan fingerprint density at radius 3 is 2.88 bits per heavy atom. The molecular weight excluding hydrogens is 264 g/mol. The van der Waals surface area contributed by atoms with Crippen LogP contribution in [0.4, 0.5) is 0 Å². The molecule has 0 amide bonds. The average Bonchev–Trinajstić information content (AvgIpc) is 2.78. The Kier molecular flexibility index (Phi) is 6.10. The highest BCUT2D eigenvalue weighted by atomic mass is 32.2. The maximum atomic E-state index is 11.5. The standard InChI is InChI=1S/C9H16N2O4S2/c1-17(14)5-2-6(10)8(12)15-9(13)7-11-3-4-16-7/h6-7,11H,2-5,10H2,1H3/t6-,7+,17?/m0/s1. The SMILES string of the molecule is CS(=O)CC[C@H](N)C(=O)OC(=O)[C@@H]1NCCS1. The molecule has 1 aliphatic heterocycles. The van der Waals surface area contributed by atoms with Gasteiger partial charge in [-0.3, -0.25) is 9.53 Å². The summed E-state index contributed by atoms with van der Waals surface area (Å²) in [5.74, 6) is -0.226. The number of hydrogen-bond acceptors (Lipinski definition) is 7. The van der Waals surface area contributed by atoms with Crippen LogP contribution in [-0.4, -0.2) is 51.9 Å². The number of ether oxygens (including phenoxy) is 1. The number of carbonyl (C=O) groups excluding carboxylic acids is 2. The molecule has 0 aliphatic carbocycles. The van der Waals surface area contributed by atoms with Crippen LogP contribution in [0.25, 0.3) is 0 Å². The van der Waals surface area contributed by atoms with Crippen molar-refractivity contribution in [3.63, 3.8) is 0 Å². The van der Waals surface area contributed by atoms with Crippen molar-refractivity contribution >= 4 is 34.5 Å². The molecule has 0 spiro atoms.